The first kappa shape index (κ1) is 22.2. The van der Waals surface area contributed by atoms with Crippen LogP contribution in [0.2, 0.25) is 0 Å². The first-order chi connectivity index (χ1) is 14.7. The summed E-state index contributed by atoms with van der Waals surface area (Å²) in [6, 6.07) is 13.6. The summed E-state index contributed by atoms with van der Waals surface area (Å²) in [5.74, 6) is -0.818. The van der Waals surface area contributed by atoms with Gasteiger partial charge in [-0.05, 0) is 39.3 Å². The van der Waals surface area contributed by atoms with Crippen LogP contribution in [0.3, 0.4) is 0 Å². The van der Waals surface area contributed by atoms with Gasteiger partial charge in [0.15, 0.2) is 0 Å². The quantitative estimate of drug-likeness (QED) is 0.629. The van der Waals surface area contributed by atoms with Crippen molar-refractivity contribution in [2.45, 2.75) is 33.3 Å². The summed E-state index contributed by atoms with van der Waals surface area (Å²) >= 11 is 0. The molecular formula is C24H26FN3O3. The van der Waals surface area contributed by atoms with Crippen LogP contribution in [0.15, 0.2) is 48.5 Å². The Morgan fingerprint density at radius 2 is 1.77 bits per heavy atom. The van der Waals surface area contributed by atoms with E-state index in [9.17, 15) is 14.0 Å². The molecule has 0 spiro atoms. The van der Waals surface area contributed by atoms with Gasteiger partial charge in [-0.25, -0.2) is 14.2 Å². The fourth-order valence-electron chi connectivity index (χ4n) is 3.36. The van der Waals surface area contributed by atoms with Crippen LogP contribution in [-0.4, -0.2) is 36.2 Å². The van der Waals surface area contributed by atoms with E-state index < -0.39 is 23.4 Å². The first-order valence-electron chi connectivity index (χ1n) is 10.1. The molecule has 0 aliphatic carbocycles. The fraction of sp³-hybridized carbons (Fsp3) is 0.292. The number of nitrogens with zero attached hydrogens (tertiary/aromatic N) is 2. The van der Waals surface area contributed by atoms with E-state index in [0.717, 1.165) is 0 Å². The molecule has 31 heavy (non-hydrogen) atoms. The number of aromatic nitrogens is 1. The molecule has 1 heterocycles. The third-order valence-corrected chi connectivity index (χ3v) is 4.65. The monoisotopic (exact) mass is 423 g/mol. The smallest absolute Gasteiger partial charge is 0.416 e. The van der Waals surface area contributed by atoms with Gasteiger partial charge in [-0.1, -0.05) is 42.5 Å². The summed E-state index contributed by atoms with van der Waals surface area (Å²) in [6.07, 6.45) is -0.627. The van der Waals surface area contributed by atoms with Crippen LogP contribution in [0.25, 0.3) is 22.0 Å². The van der Waals surface area contributed by atoms with Gasteiger partial charge in [-0.2, -0.15) is 0 Å². The van der Waals surface area contributed by atoms with E-state index in [0.29, 0.717) is 16.5 Å². The molecule has 7 heteroatoms. The number of para-hydroxylation sites is 1. The normalized spacial score (nSPS) is 11.3. The van der Waals surface area contributed by atoms with Gasteiger partial charge in [0.2, 0.25) is 0 Å². The Labute approximate surface area is 181 Å². The third kappa shape index (κ3) is 4.50. The number of benzene rings is 2. The molecule has 3 rings (SSSR count). The Morgan fingerprint density at radius 3 is 2.35 bits per heavy atom. The SMILES string of the molecule is CCN(C(=O)OC(C)(C)C)c1nc2c(F)cccc2c(C(=O)NC)c1-c1ccccc1. The standard InChI is InChI=1S/C24H26FN3O3/c1-6-28(23(30)31-24(2,3)4)21-18(15-11-8-7-9-12-15)19(22(29)26-5)16-13-10-14-17(25)20(16)27-21/h7-14H,6H2,1-5H3,(H,26,29). The Balaban J connectivity index is 2.42. The molecule has 2 amide bonds. The number of fused-ring (bicyclic) bond motifs is 1. The van der Waals surface area contributed by atoms with E-state index in [4.69, 9.17) is 4.74 Å². The summed E-state index contributed by atoms with van der Waals surface area (Å²) in [5.41, 5.74) is 0.638. The van der Waals surface area contributed by atoms with Crippen molar-refractivity contribution < 1.29 is 18.7 Å². The van der Waals surface area contributed by atoms with Gasteiger partial charge < -0.3 is 10.1 Å². The average Bonchev–Trinajstić information content (AvgIpc) is 2.72. The molecule has 3 aromatic rings. The maximum atomic E-state index is 14.8. The minimum atomic E-state index is -0.733. The molecule has 0 aliphatic heterocycles. The number of hydrogen-bond acceptors (Lipinski definition) is 4. The maximum absolute atomic E-state index is 14.8. The second-order valence-electron chi connectivity index (χ2n) is 7.99. The largest absolute Gasteiger partial charge is 0.443 e. The summed E-state index contributed by atoms with van der Waals surface area (Å²) in [4.78, 5) is 31.9. The zero-order chi connectivity index (χ0) is 22.8. The molecule has 162 valence electrons. The zero-order valence-corrected chi connectivity index (χ0v) is 18.3. The number of carbonyl (C=O) groups is 2. The Morgan fingerprint density at radius 1 is 1.10 bits per heavy atom. The van der Waals surface area contributed by atoms with Gasteiger partial charge >= 0.3 is 6.09 Å². The number of halogens is 1. The van der Waals surface area contributed by atoms with E-state index in [-0.39, 0.29) is 23.4 Å². The predicted molar refractivity (Wildman–Crippen MR) is 120 cm³/mol. The van der Waals surface area contributed by atoms with E-state index in [1.807, 2.05) is 30.3 Å². The van der Waals surface area contributed by atoms with Crippen LogP contribution in [-0.2, 0) is 4.74 Å². The van der Waals surface area contributed by atoms with Crippen LogP contribution >= 0.6 is 0 Å². The highest BCUT2D eigenvalue weighted by Gasteiger charge is 2.30. The van der Waals surface area contributed by atoms with Crippen molar-refractivity contribution in [2.24, 2.45) is 0 Å². The molecule has 0 saturated carbocycles. The Hall–Kier alpha value is -3.48. The van der Waals surface area contributed by atoms with Gasteiger partial charge in [-0.15, -0.1) is 0 Å². The number of carbonyl (C=O) groups excluding carboxylic acids is 2. The fourth-order valence-corrected chi connectivity index (χ4v) is 3.36. The third-order valence-electron chi connectivity index (χ3n) is 4.65. The van der Waals surface area contributed by atoms with Crippen molar-refractivity contribution in [1.29, 1.82) is 0 Å². The van der Waals surface area contributed by atoms with Crippen molar-refractivity contribution >= 4 is 28.7 Å². The van der Waals surface area contributed by atoms with Gasteiger partial charge in [0, 0.05) is 24.5 Å². The minimum absolute atomic E-state index is 0.0118. The molecule has 0 radical (unpaired) electrons. The predicted octanol–water partition coefficient (Wildman–Crippen LogP) is 5.16. The number of nitrogens with one attached hydrogen (secondary N) is 1. The number of ether oxygens (including phenoxy) is 1. The van der Waals surface area contributed by atoms with Crippen molar-refractivity contribution in [1.82, 2.24) is 10.3 Å². The van der Waals surface area contributed by atoms with Crippen LogP contribution in [0.1, 0.15) is 38.1 Å². The van der Waals surface area contributed by atoms with Gasteiger partial charge in [0.05, 0.1) is 5.56 Å². The molecule has 2 aromatic carbocycles. The molecule has 0 fully saturated rings. The number of pyridine rings is 1. The van der Waals surface area contributed by atoms with Gasteiger partial charge in [0.25, 0.3) is 5.91 Å². The van der Waals surface area contributed by atoms with E-state index in [1.165, 1.54) is 24.1 Å². The van der Waals surface area contributed by atoms with Crippen LogP contribution < -0.4 is 10.2 Å². The lowest BCUT2D eigenvalue weighted by molar-refractivity contribution is 0.0581. The first-order valence-corrected chi connectivity index (χ1v) is 10.1. The number of rotatable bonds is 4. The topological polar surface area (TPSA) is 71.5 Å². The molecule has 0 saturated heterocycles. The molecule has 0 atom stereocenters. The van der Waals surface area contributed by atoms with Crippen LogP contribution in [0, 0.1) is 5.82 Å². The lowest BCUT2D eigenvalue weighted by atomic mass is 9.95. The minimum Gasteiger partial charge on any atom is -0.443 e. The van der Waals surface area contributed by atoms with Gasteiger partial charge in [0.1, 0.15) is 22.8 Å². The molecule has 0 unspecified atom stereocenters. The highest BCUT2D eigenvalue weighted by molar-refractivity contribution is 6.14. The molecular weight excluding hydrogens is 397 g/mol. The van der Waals surface area contributed by atoms with E-state index in [1.54, 1.807) is 33.8 Å². The van der Waals surface area contributed by atoms with Crippen LogP contribution in [0.5, 0.6) is 0 Å². The van der Waals surface area contributed by atoms with Crippen molar-refractivity contribution in [3.05, 3.63) is 59.9 Å². The maximum Gasteiger partial charge on any atom is 0.416 e. The Bertz CT molecular complexity index is 1120. The lowest BCUT2D eigenvalue weighted by Crippen LogP contribution is -2.38. The molecule has 6 nitrogen and oxygen atoms in total. The second kappa shape index (κ2) is 8.71. The Kier molecular flexibility index (Phi) is 6.24. The van der Waals surface area contributed by atoms with Gasteiger partial charge in [-0.3, -0.25) is 9.69 Å². The molecule has 1 N–H and O–H groups in total. The molecule has 1 aromatic heterocycles. The number of hydrogen-bond donors (Lipinski definition) is 1. The second-order valence-corrected chi connectivity index (χ2v) is 7.99. The van der Waals surface area contributed by atoms with Crippen molar-refractivity contribution in [3.63, 3.8) is 0 Å². The molecule has 0 bridgehead atoms. The lowest BCUT2D eigenvalue weighted by Gasteiger charge is -2.28. The van der Waals surface area contributed by atoms with Crippen molar-refractivity contribution in [3.8, 4) is 11.1 Å². The summed E-state index contributed by atoms with van der Waals surface area (Å²) in [7, 11) is 1.51. The summed E-state index contributed by atoms with van der Waals surface area (Å²) in [6.45, 7) is 7.28. The molecule has 0 aliphatic rings. The zero-order valence-electron chi connectivity index (χ0n) is 18.3. The number of amides is 2. The van der Waals surface area contributed by atoms with E-state index >= 15 is 0 Å². The highest BCUT2D eigenvalue weighted by Crippen LogP contribution is 2.38. The summed E-state index contributed by atoms with van der Waals surface area (Å²) in [5, 5.41) is 2.99. The highest BCUT2D eigenvalue weighted by atomic mass is 19.1. The van der Waals surface area contributed by atoms with E-state index in [2.05, 4.69) is 10.3 Å². The average molecular weight is 423 g/mol. The summed E-state index contributed by atoms with van der Waals surface area (Å²) < 4.78 is 20.3. The van der Waals surface area contributed by atoms with Crippen LogP contribution in [0.4, 0.5) is 15.0 Å². The van der Waals surface area contributed by atoms with Crippen molar-refractivity contribution in [2.75, 3.05) is 18.5 Å². The number of anilines is 1.